The van der Waals surface area contributed by atoms with Gasteiger partial charge in [0.2, 0.25) is 5.91 Å². The lowest BCUT2D eigenvalue weighted by atomic mass is 10.0. The number of amides is 2. The molecular weight excluding hydrogens is 260 g/mol. The molecule has 1 aromatic heterocycles. The van der Waals surface area contributed by atoms with Crippen LogP contribution in [-0.4, -0.2) is 47.1 Å². The van der Waals surface area contributed by atoms with E-state index in [2.05, 4.69) is 5.32 Å². The maximum Gasteiger partial charge on any atom is 0.287 e. The number of hydrogen-bond donors (Lipinski definition) is 2. The Hall–Kier alpha value is -1.82. The second-order valence-corrected chi connectivity index (χ2v) is 5.04. The van der Waals surface area contributed by atoms with Gasteiger partial charge < -0.3 is 19.7 Å². The number of carbonyl (C=O) groups excluding carboxylic acids is 2. The molecule has 1 aromatic rings. The minimum absolute atomic E-state index is 0.0371. The van der Waals surface area contributed by atoms with Crippen molar-refractivity contribution in [2.75, 3.05) is 13.2 Å². The summed E-state index contributed by atoms with van der Waals surface area (Å²) in [5.74, 6) is -0.390. The Morgan fingerprint density at radius 2 is 2.35 bits per heavy atom. The third-order valence-corrected chi connectivity index (χ3v) is 3.58. The molecule has 6 nitrogen and oxygen atoms in total. The number of furan rings is 1. The number of carbonyl (C=O) groups is 2. The number of likely N-dealkylation sites (tertiary alicyclic amines) is 1. The summed E-state index contributed by atoms with van der Waals surface area (Å²) >= 11 is 0. The molecule has 110 valence electrons. The van der Waals surface area contributed by atoms with Crippen LogP contribution in [0.1, 0.15) is 36.7 Å². The average Bonchev–Trinajstić information content (AvgIpc) is 3.00. The maximum absolute atomic E-state index is 12.3. The van der Waals surface area contributed by atoms with Crippen LogP contribution in [0, 0.1) is 0 Å². The first-order chi connectivity index (χ1) is 9.63. The summed E-state index contributed by atoms with van der Waals surface area (Å²) < 4.78 is 4.99. The topological polar surface area (TPSA) is 82.8 Å². The van der Waals surface area contributed by atoms with Crippen molar-refractivity contribution in [2.24, 2.45) is 0 Å². The molecule has 0 bridgehead atoms. The number of nitrogens with zero attached hydrogens (tertiary/aromatic N) is 1. The van der Waals surface area contributed by atoms with Crippen LogP contribution in [0.3, 0.4) is 0 Å². The number of aliphatic hydroxyl groups excluding tert-OH is 1. The van der Waals surface area contributed by atoms with E-state index in [1.54, 1.807) is 24.0 Å². The minimum Gasteiger partial charge on any atom is -0.459 e. The van der Waals surface area contributed by atoms with E-state index in [0.717, 1.165) is 19.3 Å². The Kier molecular flexibility index (Phi) is 4.79. The monoisotopic (exact) mass is 280 g/mol. The fraction of sp³-hybridized carbons (Fsp3) is 0.571. The first-order valence-electron chi connectivity index (χ1n) is 6.89. The fourth-order valence-electron chi connectivity index (χ4n) is 2.47. The SMILES string of the molecule is CC(NC(=O)c1ccco1)C(=O)N1CCCCC1CO. The molecule has 0 saturated carbocycles. The fourth-order valence-corrected chi connectivity index (χ4v) is 2.47. The zero-order chi connectivity index (χ0) is 14.5. The molecule has 1 fully saturated rings. The van der Waals surface area contributed by atoms with Crippen LogP contribution in [0.4, 0.5) is 0 Å². The molecule has 0 spiro atoms. The second kappa shape index (κ2) is 6.56. The Labute approximate surface area is 117 Å². The highest BCUT2D eigenvalue weighted by Crippen LogP contribution is 2.17. The molecule has 0 aliphatic carbocycles. The van der Waals surface area contributed by atoms with Crippen molar-refractivity contribution in [2.45, 2.75) is 38.3 Å². The summed E-state index contributed by atoms with van der Waals surface area (Å²) in [7, 11) is 0. The van der Waals surface area contributed by atoms with Crippen molar-refractivity contribution in [1.29, 1.82) is 0 Å². The Morgan fingerprint density at radius 3 is 3.00 bits per heavy atom. The molecule has 1 saturated heterocycles. The number of hydrogen-bond acceptors (Lipinski definition) is 4. The van der Waals surface area contributed by atoms with Gasteiger partial charge in [0, 0.05) is 6.54 Å². The summed E-state index contributed by atoms with van der Waals surface area (Å²) in [5.41, 5.74) is 0. The van der Waals surface area contributed by atoms with Gasteiger partial charge in [-0.05, 0) is 38.3 Å². The number of rotatable bonds is 4. The zero-order valence-corrected chi connectivity index (χ0v) is 11.5. The van der Waals surface area contributed by atoms with Gasteiger partial charge in [0.15, 0.2) is 5.76 Å². The predicted molar refractivity (Wildman–Crippen MR) is 72.1 cm³/mol. The molecule has 1 aliphatic heterocycles. The van der Waals surface area contributed by atoms with E-state index in [-0.39, 0.29) is 24.3 Å². The highest BCUT2D eigenvalue weighted by molar-refractivity contribution is 5.95. The van der Waals surface area contributed by atoms with Crippen LogP contribution in [-0.2, 0) is 4.79 Å². The van der Waals surface area contributed by atoms with Crippen LogP contribution >= 0.6 is 0 Å². The third kappa shape index (κ3) is 3.19. The molecular formula is C14H20N2O4. The predicted octanol–water partition coefficient (Wildman–Crippen LogP) is 0.771. The smallest absolute Gasteiger partial charge is 0.287 e. The standard InChI is InChI=1S/C14H20N2O4/c1-10(15-13(18)12-6-4-8-20-12)14(19)16-7-3-2-5-11(16)9-17/h4,6,8,10-11,17H,2-3,5,7,9H2,1H3,(H,15,18). The van der Waals surface area contributed by atoms with Gasteiger partial charge in [-0.25, -0.2) is 0 Å². The first kappa shape index (κ1) is 14.6. The summed E-state index contributed by atoms with van der Waals surface area (Å²) in [5, 5.41) is 11.9. The number of nitrogens with one attached hydrogen (secondary N) is 1. The van der Waals surface area contributed by atoms with Crippen LogP contribution in [0.2, 0.25) is 0 Å². The largest absolute Gasteiger partial charge is 0.459 e. The summed E-state index contributed by atoms with van der Waals surface area (Å²) in [4.78, 5) is 25.8. The molecule has 2 atom stereocenters. The summed E-state index contributed by atoms with van der Waals surface area (Å²) in [6, 6.07) is 2.39. The molecule has 0 aromatic carbocycles. The van der Waals surface area contributed by atoms with Crippen molar-refractivity contribution in [3.63, 3.8) is 0 Å². The van der Waals surface area contributed by atoms with Gasteiger partial charge in [-0.15, -0.1) is 0 Å². The molecule has 6 heteroatoms. The zero-order valence-electron chi connectivity index (χ0n) is 11.5. The molecule has 2 rings (SSSR count). The molecule has 2 amide bonds. The third-order valence-electron chi connectivity index (χ3n) is 3.58. The van der Waals surface area contributed by atoms with Crippen molar-refractivity contribution >= 4 is 11.8 Å². The minimum atomic E-state index is -0.639. The number of piperidine rings is 1. The molecule has 0 radical (unpaired) electrons. The average molecular weight is 280 g/mol. The van der Waals surface area contributed by atoms with E-state index in [1.807, 2.05) is 0 Å². The molecule has 20 heavy (non-hydrogen) atoms. The molecule has 2 unspecified atom stereocenters. The van der Waals surface area contributed by atoms with Crippen molar-refractivity contribution < 1.29 is 19.1 Å². The van der Waals surface area contributed by atoms with Crippen LogP contribution in [0.5, 0.6) is 0 Å². The van der Waals surface area contributed by atoms with E-state index < -0.39 is 11.9 Å². The molecule has 2 N–H and O–H groups in total. The van der Waals surface area contributed by atoms with Crippen molar-refractivity contribution in [1.82, 2.24) is 10.2 Å². The van der Waals surface area contributed by atoms with Gasteiger partial charge in [-0.3, -0.25) is 9.59 Å². The van der Waals surface area contributed by atoms with E-state index >= 15 is 0 Å². The van der Waals surface area contributed by atoms with E-state index in [9.17, 15) is 14.7 Å². The maximum atomic E-state index is 12.3. The van der Waals surface area contributed by atoms with Gasteiger partial charge in [0.25, 0.3) is 5.91 Å². The van der Waals surface area contributed by atoms with Gasteiger partial charge in [-0.2, -0.15) is 0 Å². The normalized spacial score (nSPS) is 20.5. The lowest BCUT2D eigenvalue weighted by Gasteiger charge is -2.36. The van der Waals surface area contributed by atoms with Gasteiger partial charge in [0.1, 0.15) is 6.04 Å². The van der Waals surface area contributed by atoms with E-state index in [4.69, 9.17) is 4.42 Å². The summed E-state index contributed by atoms with van der Waals surface area (Å²) in [6.07, 6.45) is 4.16. The van der Waals surface area contributed by atoms with Crippen molar-refractivity contribution in [3.05, 3.63) is 24.2 Å². The van der Waals surface area contributed by atoms with E-state index in [0.29, 0.717) is 6.54 Å². The van der Waals surface area contributed by atoms with Gasteiger partial charge in [0.05, 0.1) is 18.9 Å². The Bertz CT molecular complexity index is 458. The van der Waals surface area contributed by atoms with Crippen molar-refractivity contribution in [3.8, 4) is 0 Å². The number of aliphatic hydroxyl groups is 1. The van der Waals surface area contributed by atoms with Gasteiger partial charge >= 0.3 is 0 Å². The van der Waals surface area contributed by atoms with Crippen LogP contribution < -0.4 is 5.32 Å². The van der Waals surface area contributed by atoms with Crippen LogP contribution in [0.25, 0.3) is 0 Å². The quantitative estimate of drug-likeness (QED) is 0.853. The van der Waals surface area contributed by atoms with Crippen LogP contribution in [0.15, 0.2) is 22.8 Å². The summed E-state index contributed by atoms with van der Waals surface area (Å²) in [6.45, 7) is 2.24. The second-order valence-electron chi connectivity index (χ2n) is 5.04. The lowest BCUT2D eigenvalue weighted by molar-refractivity contribution is -0.137. The van der Waals surface area contributed by atoms with E-state index in [1.165, 1.54) is 6.26 Å². The Morgan fingerprint density at radius 1 is 1.55 bits per heavy atom. The highest BCUT2D eigenvalue weighted by atomic mass is 16.3. The van der Waals surface area contributed by atoms with Gasteiger partial charge in [-0.1, -0.05) is 0 Å². The molecule has 2 heterocycles. The first-order valence-corrected chi connectivity index (χ1v) is 6.89. The Balaban J connectivity index is 1.95. The highest BCUT2D eigenvalue weighted by Gasteiger charge is 2.30. The molecule has 1 aliphatic rings. The lowest BCUT2D eigenvalue weighted by Crippen LogP contribution is -2.53.